The maximum absolute atomic E-state index is 6.04. The Balaban J connectivity index is 2.45. The minimum atomic E-state index is -0.364. The van der Waals surface area contributed by atoms with Gasteiger partial charge in [-0.2, -0.15) is 0 Å². The van der Waals surface area contributed by atoms with Gasteiger partial charge in [-0.15, -0.1) is 0 Å². The molecule has 0 aliphatic carbocycles. The fourth-order valence-corrected chi connectivity index (χ4v) is 2.58. The van der Waals surface area contributed by atoms with Crippen LogP contribution in [0, 0.1) is 0 Å². The highest BCUT2D eigenvalue weighted by atomic mass is 32.2. The van der Waals surface area contributed by atoms with Crippen LogP contribution in [0.15, 0.2) is 35.5 Å². The largest absolute Gasteiger partial charge is 0.383 e. The molecule has 1 aromatic carbocycles. The summed E-state index contributed by atoms with van der Waals surface area (Å²) in [5.41, 5.74) is 13.7. The van der Waals surface area contributed by atoms with E-state index in [9.17, 15) is 0 Å². The Labute approximate surface area is 122 Å². The molecule has 0 radical (unpaired) electrons. The third-order valence-corrected chi connectivity index (χ3v) is 3.59. The Bertz CT molecular complexity index is 554. The zero-order valence-electron chi connectivity index (χ0n) is 11.5. The molecule has 1 atom stereocenters. The van der Waals surface area contributed by atoms with E-state index in [-0.39, 0.29) is 6.10 Å². The summed E-state index contributed by atoms with van der Waals surface area (Å²) in [6.45, 7) is 2.02. The molecule has 6 heteroatoms. The fraction of sp³-hybridized carbons (Fsp3) is 0.286. The average Bonchev–Trinajstić information content (AvgIpc) is 2.44. The number of benzene rings is 1. The van der Waals surface area contributed by atoms with E-state index in [1.807, 2.05) is 37.3 Å². The summed E-state index contributed by atoms with van der Waals surface area (Å²) in [5.74, 6) is 1.60. The quantitative estimate of drug-likeness (QED) is 0.650. The number of ether oxygens (including phenoxy) is 1. The van der Waals surface area contributed by atoms with Crippen LogP contribution in [0.2, 0.25) is 0 Å². The predicted molar refractivity (Wildman–Crippen MR) is 82.5 cm³/mol. The zero-order valence-corrected chi connectivity index (χ0v) is 12.4. The van der Waals surface area contributed by atoms with Crippen LogP contribution in [0.25, 0.3) is 0 Å². The second-order valence-electron chi connectivity index (χ2n) is 4.15. The second-order valence-corrected chi connectivity index (χ2v) is 5.38. The first-order chi connectivity index (χ1) is 9.67. The van der Waals surface area contributed by atoms with Crippen molar-refractivity contribution in [3.8, 4) is 0 Å². The second kappa shape index (κ2) is 6.58. The summed E-state index contributed by atoms with van der Waals surface area (Å²) in [7, 11) is 1.62. The van der Waals surface area contributed by atoms with Gasteiger partial charge in [0.2, 0.25) is 0 Å². The van der Waals surface area contributed by atoms with Crippen molar-refractivity contribution in [1.29, 1.82) is 0 Å². The zero-order chi connectivity index (χ0) is 14.5. The maximum Gasteiger partial charge on any atom is 0.191 e. The van der Waals surface area contributed by atoms with Crippen LogP contribution < -0.4 is 11.5 Å². The predicted octanol–water partition coefficient (Wildman–Crippen LogP) is 2.49. The Hall–Kier alpha value is -1.79. The lowest BCUT2D eigenvalue weighted by Gasteiger charge is -2.19. The Morgan fingerprint density at radius 2 is 1.75 bits per heavy atom. The first-order valence-electron chi connectivity index (χ1n) is 6.30. The molecule has 0 saturated heterocycles. The monoisotopic (exact) mass is 290 g/mol. The molecule has 0 bridgehead atoms. The molecule has 20 heavy (non-hydrogen) atoms. The van der Waals surface area contributed by atoms with Gasteiger partial charge in [0.1, 0.15) is 17.7 Å². The number of hydrogen-bond acceptors (Lipinski definition) is 6. The number of nitrogens with zero attached hydrogens (tertiary/aromatic N) is 2. The van der Waals surface area contributed by atoms with E-state index >= 15 is 0 Å². The molecule has 0 spiro atoms. The van der Waals surface area contributed by atoms with Crippen LogP contribution in [-0.4, -0.2) is 22.8 Å². The van der Waals surface area contributed by atoms with Gasteiger partial charge >= 0.3 is 0 Å². The lowest BCUT2D eigenvalue weighted by molar-refractivity contribution is 0.137. The van der Waals surface area contributed by atoms with Gasteiger partial charge in [-0.25, -0.2) is 9.97 Å². The van der Waals surface area contributed by atoms with Crippen LogP contribution in [0.5, 0.6) is 0 Å². The number of aromatic nitrogens is 2. The molecule has 1 aromatic heterocycles. The molecule has 0 aliphatic rings. The van der Waals surface area contributed by atoms with Gasteiger partial charge < -0.3 is 16.2 Å². The number of rotatable bonds is 5. The number of nitrogen functional groups attached to an aromatic ring is 2. The SMILES string of the molecule is CCSc1nc(N)c(C(OC)c2ccccc2)c(N)n1. The van der Waals surface area contributed by atoms with Gasteiger partial charge in [0.15, 0.2) is 5.16 Å². The number of anilines is 2. The van der Waals surface area contributed by atoms with Crippen LogP contribution in [-0.2, 0) is 4.74 Å². The number of methoxy groups -OCH3 is 1. The molecule has 0 saturated carbocycles. The van der Waals surface area contributed by atoms with E-state index < -0.39 is 0 Å². The first kappa shape index (κ1) is 14.6. The molecule has 4 N–H and O–H groups in total. The molecular formula is C14H18N4OS. The van der Waals surface area contributed by atoms with Crippen LogP contribution in [0.4, 0.5) is 11.6 Å². The summed E-state index contributed by atoms with van der Waals surface area (Å²) in [4.78, 5) is 8.58. The van der Waals surface area contributed by atoms with E-state index in [4.69, 9.17) is 16.2 Å². The van der Waals surface area contributed by atoms with Crippen molar-refractivity contribution in [1.82, 2.24) is 9.97 Å². The third kappa shape index (κ3) is 3.02. The molecule has 0 aliphatic heterocycles. The Kier molecular flexibility index (Phi) is 4.81. The highest BCUT2D eigenvalue weighted by Crippen LogP contribution is 2.33. The third-order valence-electron chi connectivity index (χ3n) is 2.86. The standard InChI is InChI=1S/C14H18N4OS/c1-3-20-14-17-12(15)10(13(16)18-14)11(19-2)9-7-5-4-6-8-9/h4-8,11H,3H2,1-2H3,(H4,15,16,17,18). The van der Waals surface area contributed by atoms with Crippen LogP contribution >= 0.6 is 11.8 Å². The van der Waals surface area contributed by atoms with Crippen LogP contribution in [0.3, 0.4) is 0 Å². The summed E-state index contributed by atoms with van der Waals surface area (Å²) in [6.07, 6.45) is -0.364. The van der Waals surface area contributed by atoms with E-state index in [1.54, 1.807) is 7.11 Å². The molecular weight excluding hydrogens is 272 g/mol. The maximum atomic E-state index is 6.04. The summed E-state index contributed by atoms with van der Waals surface area (Å²) in [6, 6.07) is 9.75. The van der Waals surface area contributed by atoms with Gasteiger partial charge in [-0.1, -0.05) is 49.0 Å². The van der Waals surface area contributed by atoms with Crippen molar-refractivity contribution in [2.24, 2.45) is 0 Å². The van der Waals surface area contributed by atoms with E-state index in [1.165, 1.54) is 11.8 Å². The molecule has 2 aromatic rings. The molecule has 0 amide bonds. The first-order valence-corrected chi connectivity index (χ1v) is 7.29. The van der Waals surface area contributed by atoms with Crippen molar-refractivity contribution in [3.05, 3.63) is 41.5 Å². The fourth-order valence-electron chi connectivity index (χ4n) is 1.99. The summed E-state index contributed by atoms with van der Waals surface area (Å²) >= 11 is 1.50. The molecule has 5 nitrogen and oxygen atoms in total. The van der Waals surface area contributed by atoms with Crippen molar-refractivity contribution in [3.63, 3.8) is 0 Å². The van der Waals surface area contributed by atoms with Crippen molar-refractivity contribution in [2.45, 2.75) is 18.2 Å². The summed E-state index contributed by atoms with van der Waals surface area (Å²) < 4.78 is 5.54. The van der Waals surface area contributed by atoms with Gasteiger partial charge in [0.05, 0.1) is 5.56 Å². The number of nitrogens with two attached hydrogens (primary N) is 2. The van der Waals surface area contributed by atoms with Gasteiger partial charge in [0.25, 0.3) is 0 Å². The minimum absolute atomic E-state index is 0.364. The Morgan fingerprint density at radius 3 is 2.25 bits per heavy atom. The summed E-state index contributed by atoms with van der Waals surface area (Å²) in [5, 5.41) is 0.592. The molecule has 1 unspecified atom stereocenters. The Morgan fingerprint density at radius 1 is 1.15 bits per heavy atom. The van der Waals surface area contributed by atoms with Gasteiger partial charge in [-0.05, 0) is 11.3 Å². The van der Waals surface area contributed by atoms with E-state index in [0.717, 1.165) is 11.3 Å². The van der Waals surface area contributed by atoms with E-state index in [2.05, 4.69) is 9.97 Å². The topological polar surface area (TPSA) is 87.0 Å². The van der Waals surface area contributed by atoms with E-state index in [0.29, 0.717) is 22.4 Å². The number of hydrogen-bond donors (Lipinski definition) is 2. The average molecular weight is 290 g/mol. The van der Waals surface area contributed by atoms with Crippen molar-refractivity contribution < 1.29 is 4.74 Å². The highest BCUT2D eigenvalue weighted by Gasteiger charge is 2.21. The molecule has 106 valence electrons. The lowest BCUT2D eigenvalue weighted by Crippen LogP contribution is -2.13. The molecule has 2 rings (SSSR count). The molecule has 1 heterocycles. The lowest BCUT2D eigenvalue weighted by atomic mass is 10.0. The van der Waals surface area contributed by atoms with Gasteiger partial charge in [0, 0.05) is 7.11 Å². The van der Waals surface area contributed by atoms with Crippen molar-refractivity contribution in [2.75, 3.05) is 24.3 Å². The number of thioether (sulfide) groups is 1. The van der Waals surface area contributed by atoms with Crippen molar-refractivity contribution >= 4 is 23.4 Å². The smallest absolute Gasteiger partial charge is 0.191 e. The van der Waals surface area contributed by atoms with Crippen LogP contribution in [0.1, 0.15) is 24.2 Å². The van der Waals surface area contributed by atoms with Gasteiger partial charge in [-0.3, -0.25) is 0 Å². The normalized spacial score (nSPS) is 12.3. The minimum Gasteiger partial charge on any atom is -0.383 e. The molecule has 0 fully saturated rings. The highest BCUT2D eigenvalue weighted by molar-refractivity contribution is 7.99.